The maximum absolute atomic E-state index is 13.4. The third-order valence-electron chi connectivity index (χ3n) is 5.55. The van der Waals surface area contributed by atoms with Crippen molar-refractivity contribution in [3.63, 3.8) is 0 Å². The number of benzene rings is 1. The third-order valence-corrected chi connectivity index (χ3v) is 5.55. The van der Waals surface area contributed by atoms with Crippen molar-refractivity contribution in [2.24, 2.45) is 5.92 Å². The molecular weight excluding hydrogens is 339 g/mol. The molecule has 1 unspecified atom stereocenters. The summed E-state index contributed by atoms with van der Waals surface area (Å²) in [6.07, 6.45) is 8.29. The van der Waals surface area contributed by atoms with E-state index < -0.39 is 0 Å². The van der Waals surface area contributed by atoms with Gasteiger partial charge in [-0.2, -0.15) is 0 Å². The number of amides is 1. The lowest BCUT2D eigenvalue weighted by molar-refractivity contribution is -0.133. The summed E-state index contributed by atoms with van der Waals surface area (Å²) in [5, 5.41) is 3.37. The second-order valence-electron chi connectivity index (χ2n) is 7.30. The molecule has 5 heteroatoms. The number of halogens is 2. The number of hydrogen-bond donors (Lipinski definition) is 1. The molecule has 0 bridgehead atoms. The van der Waals surface area contributed by atoms with Crippen LogP contribution in [0.15, 0.2) is 24.3 Å². The molecule has 2 fully saturated rings. The highest BCUT2D eigenvalue weighted by Crippen LogP contribution is 2.25. The molecule has 1 aliphatic heterocycles. The summed E-state index contributed by atoms with van der Waals surface area (Å²) in [6.45, 7) is 2.86. The fourth-order valence-corrected chi connectivity index (χ4v) is 4.10. The summed E-state index contributed by atoms with van der Waals surface area (Å²) < 4.78 is 13.4. The van der Waals surface area contributed by atoms with Crippen LogP contribution in [0.1, 0.15) is 50.5 Å². The van der Waals surface area contributed by atoms with Gasteiger partial charge in [-0.25, -0.2) is 4.39 Å². The van der Waals surface area contributed by atoms with Crippen molar-refractivity contribution in [1.29, 1.82) is 0 Å². The molecule has 1 atom stereocenters. The third kappa shape index (κ3) is 5.96. The fraction of sp³-hybridized carbons (Fsp3) is 0.650. The van der Waals surface area contributed by atoms with Crippen LogP contribution in [0.25, 0.3) is 0 Å². The van der Waals surface area contributed by atoms with Gasteiger partial charge >= 0.3 is 0 Å². The minimum atomic E-state index is -0.194. The summed E-state index contributed by atoms with van der Waals surface area (Å²) in [5.74, 6) is 0.757. The van der Waals surface area contributed by atoms with Crippen LogP contribution in [0.5, 0.6) is 0 Å². The van der Waals surface area contributed by atoms with E-state index in [1.807, 2.05) is 6.07 Å². The van der Waals surface area contributed by atoms with E-state index in [4.69, 9.17) is 0 Å². The Kier molecular flexibility index (Phi) is 8.17. The predicted molar refractivity (Wildman–Crippen MR) is 102 cm³/mol. The van der Waals surface area contributed by atoms with Crippen molar-refractivity contribution >= 4 is 18.3 Å². The molecule has 1 saturated carbocycles. The molecule has 0 aromatic heterocycles. The molecule has 1 aliphatic carbocycles. The number of carbonyl (C=O) groups excluding carboxylic acids is 1. The largest absolute Gasteiger partial charge is 0.339 e. The number of rotatable bonds is 7. The molecule has 0 spiro atoms. The van der Waals surface area contributed by atoms with Gasteiger partial charge in [-0.15, -0.1) is 12.4 Å². The second-order valence-corrected chi connectivity index (χ2v) is 7.30. The number of nitrogens with one attached hydrogen (secondary N) is 1. The van der Waals surface area contributed by atoms with Gasteiger partial charge in [0.25, 0.3) is 0 Å². The van der Waals surface area contributed by atoms with E-state index in [0.29, 0.717) is 24.3 Å². The molecular formula is C20H30ClFN2O. The average Bonchev–Trinajstić information content (AvgIpc) is 3.27. The molecule has 3 nitrogen and oxygen atoms in total. The first-order valence-electron chi connectivity index (χ1n) is 9.47. The first-order valence-corrected chi connectivity index (χ1v) is 9.47. The van der Waals surface area contributed by atoms with Crippen LogP contribution in [0, 0.1) is 11.7 Å². The van der Waals surface area contributed by atoms with Gasteiger partial charge in [-0.3, -0.25) is 4.79 Å². The zero-order chi connectivity index (χ0) is 16.8. The SMILES string of the molecule is Cl.O=C(CCC1CCNC1)N(CCc1cccc(F)c1)C1CCCC1. The van der Waals surface area contributed by atoms with Gasteiger partial charge in [0.15, 0.2) is 0 Å². The maximum Gasteiger partial charge on any atom is 0.222 e. The van der Waals surface area contributed by atoms with Crippen molar-refractivity contribution in [1.82, 2.24) is 10.2 Å². The first kappa shape index (κ1) is 20.2. The zero-order valence-electron chi connectivity index (χ0n) is 14.9. The van der Waals surface area contributed by atoms with Crippen molar-refractivity contribution < 1.29 is 9.18 Å². The molecule has 1 N–H and O–H groups in total. The van der Waals surface area contributed by atoms with Crippen molar-refractivity contribution in [2.45, 2.75) is 57.4 Å². The summed E-state index contributed by atoms with van der Waals surface area (Å²) in [4.78, 5) is 14.9. The van der Waals surface area contributed by atoms with Crippen molar-refractivity contribution in [3.05, 3.63) is 35.6 Å². The normalized spacial score (nSPS) is 20.4. The van der Waals surface area contributed by atoms with E-state index in [9.17, 15) is 9.18 Å². The van der Waals surface area contributed by atoms with Crippen LogP contribution >= 0.6 is 12.4 Å². The minimum absolute atomic E-state index is 0. The standard InChI is InChI=1S/C20H29FN2O.ClH/c21-18-5-3-4-16(14-18)11-13-23(19-6-1-2-7-19)20(24)9-8-17-10-12-22-15-17;/h3-5,14,17,19,22H,1-2,6-13,15H2;1H. The Balaban J connectivity index is 0.00000225. The first-order chi connectivity index (χ1) is 11.7. The lowest BCUT2D eigenvalue weighted by atomic mass is 10.0. The van der Waals surface area contributed by atoms with Gasteiger partial charge < -0.3 is 10.2 Å². The predicted octanol–water partition coefficient (Wildman–Crippen LogP) is 3.95. The number of carbonyl (C=O) groups is 1. The molecule has 2 aliphatic rings. The zero-order valence-corrected chi connectivity index (χ0v) is 15.7. The molecule has 1 amide bonds. The molecule has 1 heterocycles. The molecule has 1 aromatic rings. The van der Waals surface area contributed by atoms with E-state index in [1.54, 1.807) is 12.1 Å². The molecule has 0 radical (unpaired) electrons. The Hall–Kier alpha value is -1.13. The Bertz CT molecular complexity index is 542. The van der Waals surface area contributed by atoms with Gasteiger partial charge in [0.2, 0.25) is 5.91 Å². The Morgan fingerprint density at radius 2 is 2.04 bits per heavy atom. The van der Waals surface area contributed by atoms with Gasteiger partial charge in [-0.05, 0) is 68.8 Å². The molecule has 1 saturated heterocycles. The second kappa shape index (κ2) is 10.1. The maximum atomic E-state index is 13.4. The van der Waals surface area contributed by atoms with Crippen LogP contribution in [0.2, 0.25) is 0 Å². The highest BCUT2D eigenvalue weighted by Gasteiger charge is 2.27. The average molecular weight is 369 g/mol. The van der Waals surface area contributed by atoms with Crippen LogP contribution in [-0.4, -0.2) is 36.5 Å². The van der Waals surface area contributed by atoms with Crippen molar-refractivity contribution in [2.75, 3.05) is 19.6 Å². The van der Waals surface area contributed by atoms with Crippen LogP contribution < -0.4 is 5.32 Å². The molecule has 140 valence electrons. The van der Waals surface area contributed by atoms with Gasteiger partial charge in [0.1, 0.15) is 5.82 Å². The summed E-state index contributed by atoms with van der Waals surface area (Å²) in [7, 11) is 0. The van der Waals surface area contributed by atoms with Gasteiger partial charge in [-0.1, -0.05) is 25.0 Å². The lowest BCUT2D eigenvalue weighted by Gasteiger charge is -2.29. The van der Waals surface area contributed by atoms with E-state index in [-0.39, 0.29) is 18.2 Å². The quantitative estimate of drug-likeness (QED) is 0.790. The van der Waals surface area contributed by atoms with Gasteiger partial charge in [0, 0.05) is 19.0 Å². The summed E-state index contributed by atoms with van der Waals surface area (Å²) in [5.41, 5.74) is 0.978. The molecule has 25 heavy (non-hydrogen) atoms. The Labute approximate surface area is 156 Å². The monoisotopic (exact) mass is 368 g/mol. The molecule has 3 rings (SSSR count). The molecule has 1 aromatic carbocycles. The van der Waals surface area contributed by atoms with E-state index in [1.165, 1.54) is 25.3 Å². The van der Waals surface area contributed by atoms with Crippen LogP contribution in [0.4, 0.5) is 4.39 Å². The van der Waals surface area contributed by atoms with E-state index in [2.05, 4.69) is 10.2 Å². The topological polar surface area (TPSA) is 32.3 Å². The summed E-state index contributed by atoms with van der Waals surface area (Å²) in [6, 6.07) is 7.15. The lowest BCUT2D eigenvalue weighted by Crippen LogP contribution is -2.40. The highest BCUT2D eigenvalue weighted by atomic mass is 35.5. The van der Waals surface area contributed by atoms with Gasteiger partial charge in [0.05, 0.1) is 0 Å². The van der Waals surface area contributed by atoms with E-state index in [0.717, 1.165) is 50.9 Å². The number of hydrogen-bond acceptors (Lipinski definition) is 2. The van der Waals surface area contributed by atoms with Crippen molar-refractivity contribution in [3.8, 4) is 0 Å². The fourth-order valence-electron chi connectivity index (χ4n) is 4.10. The van der Waals surface area contributed by atoms with Crippen LogP contribution in [0.3, 0.4) is 0 Å². The Morgan fingerprint density at radius 1 is 1.24 bits per heavy atom. The smallest absolute Gasteiger partial charge is 0.222 e. The van der Waals surface area contributed by atoms with E-state index >= 15 is 0 Å². The number of nitrogens with zero attached hydrogens (tertiary/aromatic N) is 1. The van der Waals surface area contributed by atoms with Crippen LogP contribution in [-0.2, 0) is 11.2 Å². The minimum Gasteiger partial charge on any atom is -0.339 e. The Morgan fingerprint density at radius 3 is 2.72 bits per heavy atom. The highest BCUT2D eigenvalue weighted by molar-refractivity contribution is 5.85. The summed E-state index contributed by atoms with van der Waals surface area (Å²) >= 11 is 0.